The topological polar surface area (TPSA) is 43.8 Å². The normalized spacial score (nSPS) is 11.9. The van der Waals surface area contributed by atoms with Crippen molar-refractivity contribution in [3.05, 3.63) is 41.3 Å². The molecule has 102 valence electrons. The lowest BCUT2D eigenvalue weighted by atomic mass is 9.86. The van der Waals surface area contributed by atoms with Crippen molar-refractivity contribution in [1.82, 2.24) is 9.55 Å². The van der Waals surface area contributed by atoms with Crippen molar-refractivity contribution in [2.45, 2.75) is 39.7 Å². The van der Waals surface area contributed by atoms with Gasteiger partial charge in [0.15, 0.2) is 0 Å². The third kappa shape index (κ3) is 2.56. The third-order valence-electron chi connectivity index (χ3n) is 3.57. The molecule has 0 saturated carbocycles. The van der Waals surface area contributed by atoms with Crippen molar-refractivity contribution in [3.8, 4) is 11.3 Å². The molecule has 3 heteroatoms. The average molecular weight is 257 g/mol. The van der Waals surface area contributed by atoms with E-state index in [1.54, 1.807) is 0 Å². The summed E-state index contributed by atoms with van der Waals surface area (Å²) in [5.41, 5.74) is 10.6. The van der Waals surface area contributed by atoms with Crippen molar-refractivity contribution >= 4 is 0 Å². The summed E-state index contributed by atoms with van der Waals surface area (Å²) >= 11 is 0. The molecule has 1 aromatic carbocycles. The molecular weight excluding hydrogens is 234 g/mol. The van der Waals surface area contributed by atoms with Gasteiger partial charge in [0.2, 0.25) is 0 Å². The van der Waals surface area contributed by atoms with Crippen LogP contribution in [-0.2, 0) is 19.0 Å². The molecule has 0 fully saturated rings. The van der Waals surface area contributed by atoms with Gasteiger partial charge in [-0.3, -0.25) is 0 Å². The van der Waals surface area contributed by atoms with E-state index in [4.69, 9.17) is 5.73 Å². The van der Waals surface area contributed by atoms with E-state index in [0.29, 0.717) is 6.54 Å². The maximum Gasteiger partial charge on any atom is 0.122 e. The Labute approximate surface area is 115 Å². The van der Waals surface area contributed by atoms with Crippen LogP contribution in [0.25, 0.3) is 11.3 Å². The van der Waals surface area contributed by atoms with Gasteiger partial charge in [0, 0.05) is 12.6 Å². The first kappa shape index (κ1) is 13.8. The second-order valence-corrected chi connectivity index (χ2v) is 6.05. The van der Waals surface area contributed by atoms with Crippen molar-refractivity contribution in [2.75, 3.05) is 0 Å². The zero-order valence-electron chi connectivity index (χ0n) is 12.5. The van der Waals surface area contributed by atoms with Gasteiger partial charge in [-0.05, 0) is 17.9 Å². The quantitative estimate of drug-likeness (QED) is 0.898. The van der Waals surface area contributed by atoms with Crippen LogP contribution in [0.2, 0.25) is 0 Å². The van der Waals surface area contributed by atoms with Crippen LogP contribution in [0.4, 0.5) is 0 Å². The summed E-state index contributed by atoms with van der Waals surface area (Å²) in [6.45, 7) is 9.18. The number of aromatic nitrogens is 2. The lowest BCUT2D eigenvalue weighted by Crippen LogP contribution is -2.10. The minimum Gasteiger partial charge on any atom is -0.330 e. The van der Waals surface area contributed by atoms with E-state index < -0.39 is 0 Å². The summed E-state index contributed by atoms with van der Waals surface area (Å²) in [5.74, 6) is 0.924. The number of hydrogen-bond donors (Lipinski definition) is 1. The SMILES string of the molecule is Cc1nc(CN)n(C)c1-c1ccc(C(C)(C)C)cc1. The molecule has 0 saturated heterocycles. The summed E-state index contributed by atoms with van der Waals surface area (Å²) in [6, 6.07) is 8.74. The molecule has 2 aromatic rings. The van der Waals surface area contributed by atoms with E-state index in [1.807, 2.05) is 14.0 Å². The largest absolute Gasteiger partial charge is 0.330 e. The summed E-state index contributed by atoms with van der Waals surface area (Å²) < 4.78 is 2.08. The van der Waals surface area contributed by atoms with Gasteiger partial charge in [-0.1, -0.05) is 45.0 Å². The van der Waals surface area contributed by atoms with Crippen molar-refractivity contribution in [2.24, 2.45) is 12.8 Å². The Morgan fingerprint density at radius 3 is 2.16 bits per heavy atom. The van der Waals surface area contributed by atoms with Crippen molar-refractivity contribution < 1.29 is 0 Å². The number of nitrogens with zero attached hydrogens (tertiary/aromatic N) is 2. The van der Waals surface area contributed by atoms with E-state index in [9.17, 15) is 0 Å². The van der Waals surface area contributed by atoms with Crippen LogP contribution in [0.15, 0.2) is 24.3 Å². The number of rotatable bonds is 2. The van der Waals surface area contributed by atoms with Crippen LogP contribution in [0, 0.1) is 6.92 Å². The van der Waals surface area contributed by atoms with E-state index in [1.165, 1.54) is 11.1 Å². The van der Waals surface area contributed by atoms with Gasteiger partial charge >= 0.3 is 0 Å². The lowest BCUT2D eigenvalue weighted by molar-refractivity contribution is 0.590. The zero-order valence-corrected chi connectivity index (χ0v) is 12.5. The maximum absolute atomic E-state index is 5.71. The van der Waals surface area contributed by atoms with E-state index >= 15 is 0 Å². The molecular formula is C16H23N3. The summed E-state index contributed by atoms with van der Waals surface area (Å²) in [4.78, 5) is 4.51. The molecule has 19 heavy (non-hydrogen) atoms. The van der Waals surface area contributed by atoms with E-state index in [2.05, 4.69) is 54.6 Å². The predicted octanol–water partition coefficient (Wildman–Crippen LogP) is 3.15. The van der Waals surface area contributed by atoms with Gasteiger partial charge in [-0.2, -0.15) is 0 Å². The second kappa shape index (κ2) is 4.82. The molecule has 0 aliphatic rings. The van der Waals surface area contributed by atoms with E-state index in [0.717, 1.165) is 17.2 Å². The standard InChI is InChI=1S/C16H23N3/c1-11-15(19(5)14(10-17)18-11)12-6-8-13(9-7-12)16(2,3)4/h6-9H,10,17H2,1-5H3. The van der Waals surface area contributed by atoms with Gasteiger partial charge in [0.1, 0.15) is 5.82 Å². The molecule has 0 spiro atoms. The Kier molecular flexibility index (Phi) is 3.50. The zero-order chi connectivity index (χ0) is 14.2. The minimum atomic E-state index is 0.183. The fraction of sp³-hybridized carbons (Fsp3) is 0.438. The second-order valence-electron chi connectivity index (χ2n) is 6.05. The first-order valence-electron chi connectivity index (χ1n) is 6.67. The lowest BCUT2D eigenvalue weighted by Gasteiger charge is -2.19. The Bertz CT molecular complexity index is 571. The number of nitrogens with two attached hydrogens (primary N) is 1. The molecule has 0 unspecified atom stereocenters. The monoisotopic (exact) mass is 257 g/mol. The fourth-order valence-electron chi connectivity index (χ4n) is 2.41. The third-order valence-corrected chi connectivity index (χ3v) is 3.57. The molecule has 0 amide bonds. The van der Waals surface area contributed by atoms with Gasteiger partial charge < -0.3 is 10.3 Å². The van der Waals surface area contributed by atoms with Crippen LogP contribution >= 0.6 is 0 Å². The maximum atomic E-state index is 5.71. The highest BCUT2D eigenvalue weighted by Crippen LogP contribution is 2.28. The number of benzene rings is 1. The Balaban J connectivity index is 2.46. The average Bonchev–Trinajstić information content (AvgIpc) is 2.63. The first-order valence-corrected chi connectivity index (χ1v) is 6.67. The van der Waals surface area contributed by atoms with Crippen LogP contribution in [0.1, 0.15) is 37.9 Å². The van der Waals surface area contributed by atoms with Crippen LogP contribution in [-0.4, -0.2) is 9.55 Å². The van der Waals surface area contributed by atoms with Crippen molar-refractivity contribution in [3.63, 3.8) is 0 Å². The molecule has 0 aliphatic heterocycles. The molecule has 0 bridgehead atoms. The van der Waals surface area contributed by atoms with Crippen LogP contribution in [0.5, 0.6) is 0 Å². The Hall–Kier alpha value is -1.61. The smallest absolute Gasteiger partial charge is 0.122 e. The summed E-state index contributed by atoms with van der Waals surface area (Å²) in [6.07, 6.45) is 0. The number of hydrogen-bond acceptors (Lipinski definition) is 2. The molecule has 3 nitrogen and oxygen atoms in total. The molecule has 0 atom stereocenters. The molecule has 1 aromatic heterocycles. The molecule has 1 heterocycles. The fourth-order valence-corrected chi connectivity index (χ4v) is 2.41. The highest BCUT2D eigenvalue weighted by Gasteiger charge is 2.15. The summed E-state index contributed by atoms with van der Waals surface area (Å²) in [7, 11) is 2.02. The first-order chi connectivity index (χ1) is 8.84. The highest BCUT2D eigenvalue weighted by molar-refractivity contribution is 5.63. The minimum absolute atomic E-state index is 0.183. The van der Waals surface area contributed by atoms with Gasteiger partial charge in [0.05, 0.1) is 17.9 Å². The Morgan fingerprint density at radius 1 is 1.16 bits per heavy atom. The molecule has 0 radical (unpaired) electrons. The van der Waals surface area contributed by atoms with E-state index in [-0.39, 0.29) is 5.41 Å². The number of imidazole rings is 1. The Morgan fingerprint density at radius 2 is 1.74 bits per heavy atom. The molecule has 2 N–H and O–H groups in total. The van der Waals surface area contributed by atoms with Crippen LogP contribution < -0.4 is 5.73 Å². The van der Waals surface area contributed by atoms with Crippen LogP contribution in [0.3, 0.4) is 0 Å². The molecule has 2 rings (SSSR count). The highest BCUT2D eigenvalue weighted by atomic mass is 15.1. The predicted molar refractivity (Wildman–Crippen MR) is 80.0 cm³/mol. The van der Waals surface area contributed by atoms with Gasteiger partial charge in [-0.15, -0.1) is 0 Å². The van der Waals surface area contributed by atoms with Crippen molar-refractivity contribution in [1.29, 1.82) is 0 Å². The molecule has 0 aliphatic carbocycles. The number of aryl methyl sites for hydroxylation is 1. The summed E-state index contributed by atoms with van der Waals surface area (Å²) in [5, 5.41) is 0. The van der Waals surface area contributed by atoms with Gasteiger partial charge in [-0.25, -0.2) is 4.98 Å². The van der Waals surface area contributed by atoms with Gasteiger partial charge in [0.25, 0.3) is 0 Å².